The Morgan fingerprint density at radius 1 is 1.13 bits per heavy atom. The predicted octanol–water partition coefficient (Wildman–Crippen LogP) is 3.53. The molecular weight excluding hydrogens is 444 g/mol. The van der Waals surface area contributed by atoms with E-state index in [1.54, 1.807) is 45.9 Å². The summed E-state index contributed by atoms with van der Waals surface area (Å²) in [6, 6.07) is 8.90. The number of rotatable bonds is 7. The highest BCUT2D eigenvalue weighted by molar-refractivity contribution is 7.89. The van der Waals surface area contributed by atoms with Gasteiger partial charge in [0.15, 0.2) is 6.61 Å². The zero-order chi connectivity index (χ0) is 23.4. The fraction of sp³-hybridized carbons (Fsp3) is 0.333. The van der Waals surface area contributed by atoms with E-state index >= 15 is 0 Å². The van der Waals surface area contributed by atoms with Gasteiger partial charge >= 0.3 is 5.97 Å². The minimum absolute atomic E-state index is 0.0400. The first-order valence-corrected chi connectivity index (χ1v) is 11.1. The molecule has 0 aliphatic heterocycles. The molecule has 0 heterocycles. The first-order valence-electron chi connectivity index (χ1n) is 9.28. The maximum absolute atomic E-state index is 12.7. The minimum atomic E-state index is -3.97. The molecule has 0 saturated heterocycles. The van der Waals surface area contributed by atoms with Crippen molar-refractivity contribution in [3.05, 3.63) is 52.5 Å². The highest BCUT2D eigenvalue weighted by atomic mass is 35.5. The van der Waals surface area contributed by atoms with Crippen molar-refractivity contribution in [2.45, 2.75) is 38.1 Å². The van der Waals surface area contributed by atoms with Gasteiger partial charge in [-0.05, 0) is 63.6 Å². The molecule has 10 heteroatoms. The molecule has 0 aliphatic rings. The monoisotopic (exact) mass is 468 g/mol. The lowest BCUT2D eigenvalue weighted by molar-refractivity contribution is -0.119. The first kappa shape index (κ1) is 24.6. The Morgan fingerprint density at radius 3 is 2.42 bits per heavy atom. The zero-order valence-electron chi connectivity index (χ0n) is 17.9. The molecule has 2 N–H and O–H groups in total. The maximum atomic E-state index is 12.7. The number of amides is 1. The Hall–Kier alpha value is -2.62. The van der Waals surface area contributed by atoms with E-state index in [4.69, 9.17) is 21.1 Å². The van der Waals surface area contributed by atoms with Crippen molar-refractivity contribution in [3.63, 3.8) is 0 Å². The van der Waals surface area contributed by atoms with Gasteiger partial charge in [-0.25, -0.2) is 17.9 Å². The topological polar surface area (TPSA) is 111 Å². The Labute approximate surface area is 186 Å². The fourth-order valence-electron chi connectivity index (χ4n) is 2.62. The van der Waals surface area contributed by atoms with Gasteiger partial charge < -0.3 is 14.8 Å². The molecule has 0 aromatic heterocycles. The number of carbonyl (C=O) groups is 2. The second kappa shape index (κ2) is 9.67. The number of methoxy groups -OCH3 is 1. The van der Waals surface area contributed by atoms with E-state index in [-0.39, 0.29) is 16.2 Å². The van der Waals surface area contributed by atoms with E-state index in [1.165, 1.54) is 19.2 Å². The van der Waals surface area contributed by atoms with E-state index in [1.807, 2.05) is 0 Å². The van der Waals surface area contributed by atoms with Gasteiger partial charge in [0.05, 0.1) is 12.7 Å². The molecule has 31 heavy (non-hydrogen) atoms. The van der Waals surface area contributed by atoms with Gasteiger partial charge in [-0.3, -0.25) is 4.79 Å². The smallest absolute Gasteiger partial charge is 0.338 e. The molecule has 0 unspecified atom stereocenters. The van der Waals surface area contributed by atoms with Crippen molar-refractivity contribution in [2.75, 3.05) is 19.0 Å². The largest absolute Gasteiger partial charge is 0.495 e. The molecule has 2 aromatic carbocycles. The molecule has 0 saturated carbocycles. The molecule has 0 bridgehead atoms. The summed E-state index contributed by atoms with van der Waals surface area (Å²) in [5, 5.41) is 3.10. The molecule has 1 amide bonds. The van der Waals surface area contributed by atoms with Gasteiger partial charge in [0.1, 0.15) is 10.6 Å². The molecule has 168 valence electrons. The molecule has 0 spiro atoms. The predicted molar refractivity (Wildman–Crippen MR) is 118 cm³/mol. The van der Waals surface area contributed by atoms with Crippen LogP contribution in [0.5, 0.6) is 5.75 Å². The van der Waals surface area contributed by atoms with Crippen LogP contribution in [0, 0.1) is 6.92 Å². The van der Waals surface area contributed by atoms with Crippen molar-refractivity contribution in [2.24, 2.45) is 0 Å². The van der Waals surface area contributed by atoms with Gasteiger partial charge in [0.2, 0.25) is 10.0 Å². The Bertz CT molecular complexity index is 1090. The molecule has 0 aliphatic carbocycles. The number of halogens is 1. The second-order valence-electron chi connectivity index (χ2n) is 7.76. The normalized spacial score (nSPS) is 11.7. The molecule has 0 radical (unpaired) electrons. The average Bonchev–Trinajstić information content (AvgIpc) is 2.67. The first-order chi connectivity index (χ1) is 14.3. The van der Waals surface area contributed by atoms with Gasteiger partial charge in [-0.2, -0.15) is 0 Å². The zero-order valence-corrected chi connectivity index (χ0v) is 19.5. The van der Waals surface area contributed by atoms with Crippen molar-refractivity contribution in [1.29, 1.82) is 0 Å². The Kier molecular flexibility index (Phi) is 7.69. The summed E-state index contributed by atoms with van der Waals surface area (Å²) in [4.78, 5) is 24.3. The summed E-state index contributed by atoms with van der Waals surface area (Å²) in [6.07, 6.45) is 0. The number of anilines is 1. The SMILES string of the molecule is COc1ccc(C(=O)OCC(=O)Nc2cccc(Cl)c2C)cc1S(=O)(=O)NC(C)(C)C. The third-order valence-corrected chi connectivity index (χ3v) is 6.19. The summed E-state index contributed by atoms with van der Waals surface area (Å²) in [5.74, 6) is -1.34. The summed E-state index contributed by atoms with van der Waals surface area (Å²) in [7, 11) is -2.65. The van der Waals surface area contributed by atoms with Crippen molar-refractivity contribution < 1.29 is 27.5 Å². The summed E-state index contributed by atoms with van der Waals surface area (Å²) >= 11 is 6.02. The van der Waals surface area contributed by atoms with Crippen LogP contribution in [0.15, 0.2) is 41.3 Å². The van der Waals surface area contributed by atoms with Crippen LogP contribution >= 0.6 is 11.6 Å². The summed E-state index contributed by atoms with van der Waals surface area (Å²) in [6.45, 7) is 6.26. The third-order valence-electron chi connectivity index (χ3n) is 4.01. The van der Waals surface area contributed by atoms with Crippen LogP contribution in [0.2, 0.25) is 5.02 Å². The molecule has 0 fully saturated rings. The van der Waals surface area contributed by atoms with E-state index in [2.05, 4.69) is 10.0 Å². The lowest BCUT2D eigenvalue weighted by Crippen LogP contribution is -2.40. The number of benzene rings is 2. The molecule has 8 nitrogen and oxygen atoms in total. The Morgan fingerprint density at radius 2 is 1.81 bits per heavy atom. The van der Waals surface area contributed by atoms with E-state index in [0.717, 1.165) is 6.07 Å². The maximum Gasteiger partial charge on any atom is 0.338 e. The molecule has 2 aromatic rings. The van der Waals surface area contributed by atoms with Crippen molar-refractivity contribution >= 4 is 39.2 Å². The molecule has 2 rings (SSSR count). The average molecular weight is 469 g/mol. The van der Waals surface area contributed by atoms with E-state index in [0.29, 0.717) is 16.3 Å². The molecule has 0 atom stereocenters. The highest BCUT2D eigenvalue weighted by Crippen LogP contribution is 2.26. The van der Waals surface area contributed by atoms with Gasteiger partial charge in [0, 0.05) is 16.2 Å². The number of hydrogen-bond donors (Lipinski definition) is 2. The number of nitrogens with one attached hydrogen (secondary N) is 2. The van der Waals surface area contributed by atoms with Gasteiger partial charge in [0.25, 0.3) is 5.91 Å². The Balaban J connectivity index is 2.15. The lowest BCUT2D eigenvalue weighted by Gasteiger charge is -2.21. The second-order valence-corrected chi connectivity index (χ2v) is 9.82. The quantitative estimate of drug-likeness (QED) is 0.601. The third kappa shape index (κ3) is 6.68. The van der Waals surface area contributed by atoms with Crippen LogP contribution in [0.4, 0.5) is 5.69 Å². The van der Waals surface area contributed by atoms with Gasteiger partial charge in [-0.1, -0.05) is 17.7 Å². The minimum Gasteiger partial charge on any atom is -0.495 e. The van der Waals surface area contributed by atoms with Crippen LogP contribution in [0.25, 0.3) is 0 Å². The number of ether oxygens (including phenoxy) is 2. The lowest BCUT2D eigenvalue weighted by atomic mass is 10.1. The fourth-order valence-corrected chi connectivity index (χ4v) is 4.40. The van der Waals surface area contributed by atoms with Crippen LogP contribution in [-0.4, -0.2) is 39.5 Å². The highest BCUT2D eigenvalue weighted by Gasteiger charge is 2.26. The van der Waals surface area contributed by atoms with Crippen LogP contribution in [0.1, 0.15) is 36.7 Å². The number of esters is 1. The van der Waals surface area contributed by atoms with Crippen molar-refractivity contribution in [3.8, 4) is 5.75 Å². The number of hydrogen-bond acceptors (Lipinski definition) is 6. The standard InChI is InChI=1S/C21H25ClN2O6S/c1-13-15(22)7-6-8-16(13)23-19(25)12-30-20(26)14-9-10-17(29-5)18(11-14)31(27,28)24-21(2,3)4/h6-11,24H,12H2,1-5H3,(H,23,25). The van der Waals surface area contributed by atoms with Crippen LogP contribution < -0.4 is 14.8 Å². The molecular formula is C21H25ClN2O6S. The van der Waals surface area contributed by atoms with Crippen LogP contribution in [-0.2, 0) is 19.6 Å². The summed E-state index contributed by atoms with van der Waals surface area (Å²) < 4.78 is 38.1. The number of sulfonamides is 1. The van der Waals surface area contributed by atoms with Crippen molar-refractivity contribution in [1.82, 2.24) is 4.72 Å². The van der Waals surface area contributed by atoms with Gasteiger partial charge in [-0.15, -0.1) is 0 Å². The van der Waals surface area contributed by atoms with E-state index in [9.17, 15) is 18.0 Å². The van der Waals surface area contributed by atoms with Crippen LogP contribution in [0.3, 0.4) is 0 Å². The van der Waals surface area contributed by atoms with E-state index < -0.39 is 34.0 Å². The number of carbonyl (C=O) groups excluding carboxylic acids is 2. The summed E-state index contributed by atoms with van der Waals surface area (Å²) in [5.41, 5.74) is 0.401.